The average molecular weight is 560 g/mol. The zero-order valence-electron chi connectivity index (χ0n) is 20.9. The number of amides is 2. The standard InChI is InChI=1S/C31H31BrN2O3/c1-2-19-33-31(36)28(20-23-9-4-3-5-10-23)34(21-24-15-17-26(32)18-16-24)30(35)22-37-29-14-8-12-25-11-6-7-13-27(25)29/h3-18,28H,2,19-22H2,1H3,(H,33,36)/t28-/m0/s1. The van der Waals surface area contributed by atoms with Crippen molar-refractivity contribution in [1.29, 1.82) is 0 Å². The minimum atomic E-state index is -0.679. The summed E-state index contributed by atoms with van der Waals surface area (Å²) in [5.41, 5.74) is 1.92. The van der Waals surface area contributed by atoms with Gasteiger partial charge in [-0.05, 0) is 41.1 Å². The smallest absolute Gasteiger partial charge is 0.261 e. The molecule has 0 spiro atoms. The van der Waals surface area contributed by atoms with E-state index in [2.05, 4.69) is 21.2 Å². The van der Waals surface area contributed by atoms with Crippen molar-refractivity contribution in [3.63, 3.8) is 0 Å². The lowest BCUT2D eigenvalue weighted by atomic mass is 10.0. The van der Waals surface area contributed by atoms with Gasteiger partial charge in [0.15, 0.2) is 6.61 Å². The summed E-state index contributed by atoms with van der Waals surface area (Å²) in [6.07, 6.45) is 1.22. The molecule has 0 heterocycles. The van der Waals surface area contributed by atoms with Crippen molar-refractivity contribution in [1.82, 2.24) is 10.2 Å². The van der Waals surface area contributed by atoms with Crippen LogP contribution in [0.2, 0.25) is 0 Å². The summed E-state index contributed by atoms with van der Waals surface area (Å²) in [5, 5.41) is 4.98. The number of fused-ring (bicyclic) bond motifs is 1. The Kier molecular flexibility index (Phi) is 9.33. The number of rotatable bonds is 11. The molecule has 4 aromatic carbocycles. The molecule has 0 unspecified atom stereocenters. The second-order valence-corrected chi connectivity index (χ2v) is 9.83. The molecule has 0 fully saturated rings. The zero-order valence-corrected chi connectivity index (χ0v) is 22.5. The molecule has 4 aromatic rings. The van der Waals surface area contributed by atoms with Gasteiger partial charge in [-0.1, -0.05) is 102 Å². The molecule has 0 aliphatic rings. The number of hydrogen-bond donors (Lipinski definition) is 1. The van der Waals surface area contributed by atoms with E-state index in [0.717, 1.165) is 32.8 Å². The van der Waals surface area contributed by atoms with E-state index in [1.54, 1.807) is 4.90 Å². The van der Waals surface area contributed by atoms with Crippen molar-refractivity contribution >= 4 is 38.5 Å². The highest BCUT2D eigenvalue weighted by Crippen LogP contribution is 2.25. The second-order valence-electron chi connectivity index (χ2n) is 8.91. The molecule has 6 heteroatoms. The Balaban J connectivity index is 1.62. The Morgan fingerprint density at radius 2 is 1.57 bits per heavy atom. The molecule has 0 bridgehead atoms. The van der Waals surface area contributed by atoms with Crippen molar-refractivity contribution < 1.29 is 14.3 Å². The van der Waals surface area contributed by atoms with E-state index >= 15 is 0 Å². The summed E-state index contributed by atoms with van der Waals surface area (Å²) >= 11 is 3.47. The van der Waals surface area contributed by atoms with Crippen LogP contribution in [0.15, 0.2) is 102 Å². The number of benzene rings is 4. The van der Waals surface area contributed by atoms with Gasteiger partial charge in [-0.25, -0.2) is 0 Å². The van der Waals surface area contributed by atoms with Gasteiger partial charge in [0.2, 0.25) is 5.91 Å². The van der Waals surface area contributed by atoms with Crippen LogP contribution in [0.3, 0.4) is 0 Å². The van der Waals surface area contributed by atoms with Gasteiger partial charge in [-0.2, -0.15) is 0 Å². The predicted molar refractivity (Wildman–Crippen MR) is 151 cm³/mol. The second kappa shape index (κ2) is 13.1. The van der Waals surface area contributed by atoms with E-state index in [1.807, 2.05) is 104 Å². The van der Waals surface area contributed by atoms with Crippen LogP contribution in [0.25, 0.3) is 10.8 Å². The minimum absolute atomic E-state index is 0.165. The first-order valence-corrected chi connectivity index (χ1v) is 13.3. The molecule has 0 saturated heterocycles. The van der Waals surface area contributed by atoms with Crippen molar-refractivity contribution in [3.05, 3.63) is 113 Å². The summed E-state index contributed by atoms with van der Waals surface area (Å²) in [6.45, 7) is 2.69. The third-order valence-electron chi connectivity index (χ3n) is 6.19. The van der Waals surface area contributed by atoms with Crippen LogP contribution in [0.4, 0.5) is 0 Å². The van der Waals surface area contributed by atoms with Gasteiger partial charge in [0.1, 0.15) is 11.8 Å². The number of ether oxygens (including phenoxy) is 1. The molecule has 0 aromatic heterocycles. The zero-order chi connectivity index (χ0) is 26.0. The maximum atomic E-state index is 13.7. The first-order valence-electron chi connectivity index (χ1n) is 12.5. The fraction of sp³-hybridized carbons (Fsp3) is 0.226. The molecule has 0 aliphatic carbocycles. The summed E-state index contributed by atoms with van der Waals surface area (Å²) in [7, 11) is 0. The largest absolute Gasteiger partial charge is 0.483 e. The van der Waals surface area contributed by atoms with Crippen LogP contribution in [0.5, 0.6) is 5.75 Å². The van der Waals surface area contributed by atoms with E-state index in [1.165, 1.54) is 0 Å². The third-order valence-corrected chi connectivity index (χ3v) is 6.72. The van der Waals surface area contributed by atoms with E-state index in [0.29, 0.717) is 25.3 Å². The number of halogens is 1. The highest BCUT2D eigenvalue weighted by Gasteiger charge is 2.30. The fourth-order valence-corrected chi connectivity index (χ4v) is 4.51. The molecule has 1 N–H and O–H groups in total. The molecule has 190 valence electrons. The minimum Gasteiger partial charge on any atom is -0.483 e. The Bertz CT molecular complexity index is 1320. The highest BCUT2D eigenvalue weighted by atomic mass is 79.9. The molecule has 4 rings (SSSR count). The summed E-state index contributed by atoms with van der Waals surface area (Å²) in [6, 6.07) is 30.6. The molecule has 0 saturated carbocycles. The molecule has 37 heavy (non-hydrogen) atoms. The monoisotopic (exact) mass is 558 g/mol. The SMILES string of the molecule is CCCNC(=O)[C@H](Cc1ccccc1)N(Cc1ccc(Br)cc1)C(=O)COc1cccc2ccccc12. The van der Waals surface area contributed by atoms with Crippen molar-refractivity contribution in [2.45, 2.75) is 32.4 Å². The molecule has 1 atom stereocenters. The maximum Gasteiger partial charge on any atom is 0.261 e. The lowest BCUT2D eigenvalue weighted by Crippen LogP contribution is -2.51. The van der Waals surface area contributed by atoms with E-state index in [4.69, 9.17) is 4.74 Å². The van der Waals surface area contributed by atoms with Crippen molar-refractivity contribution in [3.8, 4) is 5.75 Å². The molecule has 2 amide bonds. The van der Waals surface area contributed by atoms with Gasteiger partial charge >= 0.3 is 0 Å². The van der Waals surface area contributed by atoms with Crippen LogP contribution in [-0.4, -0.2) is 35.9 Å². The number of nitrogens with zero attached hydrogens (tertiary/aromatic N) is 1. The molecule has 0 aliphatic heterocycles. The third kappa shape index (κ3) is 7.20. The van der Waals surface area contributed by atoms with Gasteiger partial charge in [-0.15, -0.1) is 0 Å². The van der Waals surface area contributed by atoms with Gasteiger partial charge in [-0.3, -0.25) is 9.59 Å². The summed E-state index contributed by atoms with van der Waals surface area (Å²) in [4.78, 5) is 28.8. The Morgan fingerprint density at radius 3 is 2.32 bits per heavy atom. The van der Waals surface area contributed by atoms with Crippen molar-refractivity contribution in [2.75, 3.05) is 13.2 Å². The van der Waals surface area contributed by atoms with Crippen LogP contribution in [-0.2, 0) is 22.6 Å². The fourth-order valence-electron chi connectivity index (χ4n) is 4.25. The number of nitrogens with one attached hydrogen (secondary N) is 1. The van der Waals surface area contributed by atoms with Gasteiger partial charge in [0.25, 0.3) is 5.91 Å². The summed E-state index contributed by atoms with van der Waals surface area (Å²) < 4.78 is 7.00. The van der Waals surface area contributed by atoms with Gasteiger partial charge in [0.05, 0.1) is 0 Å². The van der Waals surface area contributed by atoms with Crippen LogP contribution >= 0.6 is 15.9 Å². The Labute approximate surface area is 226 Å². The topological polar surface area (TPSA) is 58.6 Å². The molecule has 5 nitrogen and oxygen atoms in total. The van der Waals surface area contributed by atoms with Gasteiger partial charge < -0.3 is 15.0 Å². The van der Waals surface area contributed by atoms with Crippen LogP contribution in [0.1, 0.15) is 24.5 Å². The van der Waals surface area contributed by atoms with Crippen LogP contribution < -0.4 is 10.1 Å². The Hall–Kier alpha value is -3.64. The van der Waals surface area contributed by atoms with Gasteiger partial charge in [0, 0.05) is 29.4 Å². The quantitative estimate of drug-likeness (QED) is 0.240. The lowest BCUT2D eigenvalue weighted by Gasteiger charge is -2.31. The highest BCUT2D eigenvalue weighted by molar-refractivity contribution is 9.10. The molecular formula is C31H31BrN2O3. The first-order chi connectivity index (χ1) is 18.0. The number of hydrogen-bond acceptors (Lipinski definition) is 3. The van der Waals surface area contributed by atoms with E-state index in [9.17, 15) is 9.59 Å². The Morgan fingerprint density at radius 1 is 0.865 bits per heavy atom. The predicted octanol–water partition coefficient (Wildman–Crippen LogP) is 6.15. The lowest BCUT2D eigenvalue weighted by molar-refractivity contribution is -0.142. The van der Waals surface area contributed by atoms with E-state index < -0.39 is 6.04 Å². The number of carbonyl (C=O) groups is 2. The van der Waals surface area contributed by atoms with E-state index in [-0.39, 0.29) is 18.4 Å². The summed E-state index contributed by atoms with van der Waals surface area (Å²) in [5.74, 6) is 0.231. The normalized spacial score (nSPS) is 11.6. The number of carbonyl (C=O) groups excluding carboxylic acids is 2. The van der Waals surface area contributed by atoms with Crippen LogP contribution in [0, 0.1) is 0 Å². The molecular weight excluding hydrogens is 528 g/mol. The first kappa shape index (κ1) is 26.4. The maximum absolute atomic E-state index is 13.7. The van der Waals surface area contributed by atoms with Crippen molar-refractivity contribution in [2.24, 2.45) is 0 Å². The average Bonchev–Trinajstić information content (AvgIpc) is 2.93. The molecule has 0 radical (unpaired) electrons.